The van der Waals surface area contributed by atoms with Crippen molar-refractivity contribution < 1.29 is 32.9 Å². The number of nitrogens with zero attached hydrogens (tertiary/aromatic N) is 1. The van der Waals surface area contributed by atoms with Crippen molar-refractivity contribution in [3.05, 3.63) is 24.3 Å². The predicted molar refractivity (Wildman–Crippen MR) is 161 cm³/mol. The van der Waals surface area contributed by atoms with E-state index < -0.39 is 20.0 Å². The number of hydrogen-bond acceptors (Lipinski definition) is 5. The number of rotatable bonds is 26. The molecule has 0 aliphatic carbocycles. The molecule has 0 aromatic rings. The van der Waals surface area contributed by atoms with Crippen molar-refractivity contribution in [3.8, 4) is 0 Å². The molecule has 3 atom stereocenters. The Morgan fingerprint density at radius 3 is 2.00 bits per heavy atom. The zero-order chi connectivity index (χ0) is 29.4. The molecule has 1 amide bonds. The van der Waals surface area contributed by atoms with Crippen LogP contribution < -0.4 is 5.32 Å². The van der Waals surface area contributed by atoms with Crippen LogP contribution >= 0.6 is 7.82 Å². The molecule has 0 rings (SSSR count). The van der Waals surface area contributed by atoms with Gasteiger partial charge in [0.15, 0.2) is 0 Å². The zero-order valence-electron chi connectivity index (χ0n) is 25.6. The highest BCUT2D eigenvalue weighted by molar-refractivity contribution is 7.47. The summed E-state index contributed by atoms with van der Waals surface area (Å²) in [5.41, 5.74) is 0. The van der Waals surface area contributed by atoms with Gasteiger partial charge in [-0.15, -0.1) is 0 Å². The maximum Gasteiger partial charge on any atom is 0.472 e. The molecule has 0 radical (unpaired) electrons. The van der Waals surface area contributed by atoms with E-state index >= 15 is 0 Å². The first-order valence-corrected chi connectivity index (χ1v) is 16.7. The molecule has 0 saturated carbocycles. The molecule has 0 bridgehead atoms. The fourth-order valence-electron chi connectivity index (χ4n) is 3.88. The summed E-state index contributed by atoms with van der Waals surface area (Å²) in [5.74, 6) is -0.197. The van der Waals surface area contributed by atoms with E-state index in [1.165, 1.54) is 44.9 Å². The second-order valence-electron chi connectivity index (χ2n) is 11.5. The molecule has 230 valence electrons. The van der Waals surface area contributed by atoms with Gasteiger partial charge in [0.1, 0.15) is 13.2 Å². The highest BCUT2D eigenvalue weighted by Crippen LogP contribution is 2.43. The molecule has 3 unspecified atom stereocenters. The van der Waals surface area contributed by atoms with E-state index in [1.807, 2.05) is 27.2 Å². The maximum absolute atomic E-state index is 12.6. The van der Waals surface area contributed by atoms with Gasteiger partial charge in [0.2, 0.25) is 5.91 Å². The Morgan fingerprint density at radius 2 is 1.41 bits per heavy atom. The van der Waals surface area contributed by atoms with E-state index in [9.17, 15) is 19.4 Å². The van der Waals surface area contributed by atoms with Gasteiger partial charge >= 0.3 is 7.82 Å². The molecular weight excluding hydrogens is 515 g/mol. The third-order valence-electron chi connectivity index (χ3n) is 6.41. The Balaban J connectivity index is 4.68. The van der Waals surface area contributed by atoms with Crippen LogP contribution in [0.1, 0.15) is 110 Å². The van der Waals surface area contributed by atoms with Crippen LogP contribution in [0.5, 0.6) is 0 Å². The molecule has 0 heterocycles. The Hall–Kier alpha value is -1.02. The number of phosphoric ester groups is 1. The van der Waals surface area contributed by atoms with Crippen molar-refractivity contribution in [2.75, 3.05) is 40.9 Å². The minimum absolute atomic E-state index is 0.0566. The third kappa shape index (κ3) is 25.7. The lowest BCUT2D eigenvalue weighted by atomic mass is 10.1. The van der Waals surface area contributed by atoms with Gasteiger partial charge in [0.25, 0.3) is 0 Å². The van der Waals surface area contributed by atoms with Crippen LogP contribution in [0, 0.1) is 0 Å². The first kappa shape index (κ1) is 38.0. The van der Waals surface area contributed by atoms with Gasteiger partial charge in [-0.1, -0.05) is 102 Å². The first-order chi connectivity index (χ1) is 18.5. The van der Waals surface area contributed by atoms with Crippen LogP contribution in [-0.4, -0.2) is 73.4 Å². The number of carbonyl (C=O) groups is 1. The van der Waals surface area contributed by atoms with E-state index in [4.69, 9.17) is 9.05 Å². The van der Waals surface area contributed by atoms with E-state index in [0.717, 1.165) is 44.9 Å². The molecule has 0 saturated heterocycles. The minimum atomic E-state index is -4.31. The number of aliphatic hydroxyl groups is 1. The topological polar surface area (TPSA) is 105 Å². The fraction of sp³-hybridized carbons (Fsp3) is 0.833. The van der Waals surface area contributed by atoms with Crippen molar-refractivity contribution >= 4 is 13.7 Å². The number of hydrogen-bond donors (Lipinski definition) is 3. The summed E-state index contributed by atoms with van der Waals surface area (Å²) in [6.45, 7) is 4.62. The highest BCUT2D eigenvalue weighted by atomic mass is 31.2. The molecular formula is C30H60N2O6P+. The number of carbonyl (C=O) groups excluding carboxylic acids is 1. The molecule has 0 aliphatic heterocycles. The molecule has 9 heteroatoms. The standard InChI is InChI=1S/C30H59N2O6P/c1-6-8-10-12-14-15-16-18-20-22-24-30(34)31-28(29(33)23-21-19-17-13-11-9-7-2)27-38-39(35,36)37-26-25-32(3,4)5/h11,13,21,23,28-29,33H,6-10,12,14-20,22,24-27H2,1-5H3,(H-,31,34,35,36)/p+1/b13-11+,23-21+. The number of amides is 1. The van der Waals surface area contributed by atoms with E-state index in [2.05, 4.69) is 31.3 Å². The number of likely N-dealkylation sites (N-methyl/N-ethyl adjacent to an activating group) is 1. The minimum Gasteiger partial charge on any atom is -0.387 e. The van der Waals surface area contributed by atoms with Gasteiger partial charge in [-0.05, 0) is 25.7 Å². The smallest absolute Gasteiger partial charge is 0.387 e. The van der Waals surface area contributed by atoms with E-state index in [-0.39, 0.29) is 19.1 Å². The number of phosphoric acid groups is 1. The third-order valence-corrected chi connectivity index (χ3v) is 7.39. The van der Waals surface area contributed by atoms with Gasteiger partial charge in [-0.2, -0.15) is 0 Å². The van der Waals surface area contributed by atoms with Crippen LogP contribution in [0.2, 0.25) is 0 Å². The molecule has 8 nitrogen and oxygen atoms in total. The van der Waals surface area contributed by atoms with Gasteiger partial charge in [0, 0.05) is 6.42 Å². The van der Waals surface area contributed by atoms with Crippen molar-refractivity contribution in [3.63, 3.8) is 0 Å². The summed E-state index contributed by atoms with van der Waals surface area (Å²) in [6.07, 6.45) is 22.7. The lowest BCUT2D eigenvalue weighted by Gasteiger charge is -2.25. The molecule has 0 fully saturated rings. The monoisotopic (exact) mass is 575 g/mol. The summed E-state index contributed by atoms with van der Waals surface area (Å²) in [5, 5.41) is 13.5. The molecule has 3 N–H and O–H groups in total. The summed E-state index contributed by atoms with van der Waals surface area (Å²) in [4.78, 5) is 22.7. The number of aliphatic hydroxyl groups excluding tert-OH is 1. The first-order valence-electron chi connectivity index (χ1n) is 15.2. The van der Waals surface area contributed by atoms with Gasteiger partial charge in [-0.3, -0.25) is 13.8 Å². The van der Waals surface area contributed by atoms with Crippen LogP contribution in [0.4, 0.5) is 0 Å². The van der Waals surface area contributed by atoms with Crippen molar-refractivity contribution in [1.82, 2.24) is 5.32 Å². The normalized spacial score (nSPS) is 15.6. The van der Waals surface area contributed by atoms with E-state index in [0.29, 0.717) is 17.4 Å². The molecule has 0 aromatic carbocycles. The van der Waals surface area contributed by atoms with Crippen LogP contribution in [0.15, 0.2) is 24.3 Å². The Labute approximate surface area is 239 Å². The lowest BCUT2D eigenvalue weighted by Crippen LogP contribution is -2.45. The summed E-state index contributed by atoms with van der Waals surface area (Å²) < 4.78 is 23.2. The van der Waals surface area contributed by atoms with Crippen molar-refractivity contribution in [1.29, 1.82) is 0 Å². The number of nitrogens with one attached hydrogen (secondary N) is 1. The number of quaternary nitrogens is 1. The van der Waals surface area contributed by atoms with Crippen molar-refractivity contribution in [2.24, 2.45) is 0 Å². The molecule has 39 heavy (non-hydrogen) atoms. The fourth-order valence-corrected chi connectivity index (χ4v) is 4.62. The highest BCUT2D eigenvalue weighted by Gasteiger charge is 2.27. The Morgan fingerprint density at radius 1 is 0.846 bits per heavy atom. The Bertz CT molecular complexity index is 708. The second kappa shape index (κ2) is 23.7. The van der Waals surface area contributed by atoms with Crippen LogP contribution in [-0.2, 0) is 18.4 Å². The summed E-state index contributed by atoms with van der Waals surface area (Å²) in [6, 6.07) is -0.852. The van der Waals surface area contributed by atoms with E-state index in [1.54, 1.807) is 6.08 Å². The van der Waals surface area contributed by atoms with Gasteiger partial charge in [0.05, 0.1) is 39.9 Å². The second-order valence-corrected chi connectivity index (χ2v) is 12.9. The average Bonchev–Trinajstić information content (AvgIpc) is 2.86. The lowest BCUT2D eigenvalue weighted by molar-refractivity contribution is -0.870. The molecule has 0 aliphatic rings. The SMILES string of the molecule is CCC/C=C/CC/C=C/C(O)C(COP(=O)(O)OCC[N+](C)(C)C)NC(=O)CCCCCCCCCCCC. The number of allylic oxidation sites excluding steroid dienone is 3. The largest absolute Gasteiger partial charge is 0.472 e. The van der Waals surface area contributed by atoms with Crippen LogP contribution in [0.3, 0.4) is 0 Å². The van der Waals surface area contributed by atoms with Crippen molar-refractivity contribution in [2.45, 2.75) is 122 Å². The quantitative estimate of drug-likeness (QED) is 0.0460. The summed E-state index contributed by atoms with van der Waals surface area (Å²) >= 11 is 0. The van der Waals surface area contributed by atoms with Gasteiger partial charge < -0.3 is 19.8 Å². The predicted octanol–water partition coefficient (Wildman–Crippen LogP) is 6.68. The summed E-state index contributed by atoms with van der Waals surface area (Å²) in [7, 11) is 1.55. The molecule has 0 aromatic heterocycles. The average molecular weight is 576 g/mol. The molecule has 0 spiro atoms. The van der Waals surface area contributed by atoms with Gasteiger partial charge in [-0.25, -0.2) is 4.57 Å². The Kier molecular flexibility index (Phi) is 23.0. The zero-order valence-corrected chi connectivity index (χ0v) is 26.5. The number of unbranched alkanes of at least 4 members (excludes halogenated alkanes) is 11. The maximum atomic E-state index is 12.6. The van der Waals surface area contributed by atoms with Crippen LogP contribution in [0.25, 0.3) is 0 Å².